The Morgan fingerprint density at radius 1 is 1.05 bits per heavy atom. The van der Waals surface area contributed by atoms with E-state index < -0.39 is 0 Å². The van der Waals surface area contributed by atoms with Gasteiger partial charge in [-0.1, -0.05) is 6.42 Å². The van der Waals surface area contributed by atoms with Crippen LogP contribution in [0.1, 0.15) is 38.5 Å². The fraction of sp³-hybridized carbons (Fsp3) is 0.647. The van der Waals surface area contributed by atoms with E-state index in [0.29, 0.717) is 11.4 Å². The van der Waals surface area contributed by atoms with Gasteiger partial charge in [0, 0.05) is 25.7 Å². The van der Waals surface area contributed by atoms with Crippen molar-refractivity contribution in [1.82, 2.24) is 5.32 Å². The fourth-order valence-corrected chi connectivity index (χ4v) is 3.28. The Labute approximate surface area is 126 Å². The molecule has 0 radical (unpaired) electrons. The zero-order valence-corrected chi connectivity index (χ0v) is 12.6. The summed E-state index contributed by atoms with van der Waals surface area (Å²) in [6.07, 6.45) is 7.28. The molecule has 1 N–H and O–H groups in total. The highest BCUT2D eigenvalue weighted by Gasteiger charge is 2.17. The molecule has 21 heavy (non-hydrogen) atoms. The monoisotopic (exact) mass is 292 g/mol. The first-order valence-corrected chi connectivity index (χ1v) is 8.25. The zero-order chi connectivity index (χ0) is 14.5. The second-order valence-corrected chi connectivity index (χ2v) is 6.08. The maximum atomic E-state index is 14.4. The highest BCUT2D eigenvalue weighted by atomic mass is 19.1. The number of nitrogens with zero attached hydrogens (tertiary/aromatic N) is 1. The van der Waals surface area contributed by atoms with E-state index in [1.807, 2.05) is 12.1 Å². The van der Waals surface area contributed by atoms with Crippen LogP contribution in [0.5, 0.6) is 5.75 Å². The van der Waals surface area contributed by atoms with Gasteiger partial charge in [0.2, 0.25) is 0 Å². The van der Waals surface area contributed by atoms with Crippen LogP contribution in [0.25, 0.3) is 0 Å². The predicted octanol–water partition coefficient (Wildman–Crippen LogP) is 3.34. The normalized spacial score (nSPS) is 21.1. The minimum absolute atomic E-state index is 0.162. The summed E-state index contributed by atoms with van der Waals surface area (Å²) in [6.45, 7) is 3.70. The summed E-state index contributed by atoms with van der Waals surface area (Å²) in [7, 11) is 0. The summed E-state index contributed by atoms with van der Waals surface area (Å²) in [6, 6.07) is 5.35. The molecule has 4 heteroatoms. The third-order valence-corrected chi connectivity index (χ3v) is 4.45. The van der Waals surface area contributed by atoms with Crippen LogP contribution in [0.15, 0.2) is 18.2 Å². The minimum Gasteiger partial charge on any atom is -0.490 e. The number of nitrogens with one attached hydrogen (secondary N) is 1. The smallest absolute Gasteiger partial charge is 0.150 e. The molecule has 1 aliphatic heterocycles. The second kappa shape index (κ2) is 7.12. The van der Waals surface area contributed by atoms with Gasteiger partial charge in [0.15, 0.2) is 0 Å². The van der Waals surface area contributed by atoms with Gasteiger partial charge >= 0.3 is 0 Å². The number of rotatable bonds is 3. The topological polar surface area (TPSA) is 24.5 Å². The van der Waals surface area contributed by atoms with E-state index >= 15 is 0 Å². The van der Waals surface area contributed by atoms with Gasteiger partial charge in [-0.3, -0.25) is 0 Å². The van der Waals surface area contributed by atoms with Crippen LogP contribution in [-0.4, -0.2) is 32.3 Å². The molecule has 0 atom stereocenters. The van der Waals surface area contributed by atoms with Gasteiger partial charge in [-0.2, -0.15) is 0 Å². The van der Waals surface area contributed by atoms with Gasteiger partial charge in [-0.25, -0.2) is 4.39 Å². The standard InChI is InChI=1S/C17H25FN2O/c18-16-13-15(21-14-5-2-1-3-6-14)7-8-17(16)20-11-4-9-19-10-12-20/h7-8,13-14,19H,1-6,9-12H2. The molecule has 2 fully saturated rings. The lowest BCUT2D eigenvalue weighted by Gasteiger charge is -2.25. The van der Waals surface area contributed by atoms with Crippen molar-refractivity contribution >= 4 is 5.69 Å². The Hall–Kier alpha value is -1.29. The third-order valence-electron chi connectivity index (χ3n) is 4.45. The number of halogens is 1. The summed E-state index contributed by atoms with van der Waals surface area (Å²) in [5, 5.41) is 3.34. The maximum Gasteiger partial charge on any atom is 0.150 e. The van der Waals surface area contributed by atoms with Gasteiger partial charge in [0.25, 0.3) is 0 Å². The number of anilines is 1. The Morgan fingerprint density at radius 2 is 1.90 bits per heavy atom. The van der Waals surface area contributed by atoms with Crippen molar-refractivity contribution in [3.8, 4) is 5.75 Å². The second-order valence-electron chi connectivity index (χ2n) is 6.08. The summed E-state index contributed by atoms with van der Waals surface area (Å²) >= 11 is 0. The van der Waals surface area contributed by atoms with E-state index in [4.69, 9.17) is 4.74 Å². The van der Waals surface area contributed by atoms with Gasteiger partial charge in [-0.15, -0.1) is 0 Å². The van der Waals surface area contributed by atoms with Crippen LogP contribution in [0.3, 0.4) is 0 Å². The number of hydrogen-bond donors (Lipinski definition) is 1. The largest absolute Gasteiger partial charge is 0.490 e. The third kappa shape index (κ3) is 3.88. The summed E-state index contributed by atoms with van der Waals surface area (Å²) in [5.74, 6) is 0.515. The van der Waals surface area contributed by atoms with Crippen LogP contribution in [0, 0.1) is 5.82 Å². The average molecular weight is 292 g/mol. The molecule has 1 aromatic rings. The fourth-order valence-electron chi connectivity index (χ4n) is 3.28. The van der Waals surface area contributed by atoms with Crippen molar-refractivity contribution in [1.29, 1.82) is 0 Å². The first-order chi connectivity index (χ1) is 10.3. The van der Waals surface area contributed by atoms with E-state index in [1.54, 1.807) is 6.07 Å². The Kier molecular flexibility index (Phi) is 4.96. The Bertz CT molecular complexity index is 452. The molecule has 1 heterocycles. The lowest BCUT2D eigenvalue weighted by Crippen LogP contribution is -2.28. The Morgan fingerprint density at radius 3 is 2.71 bits per heavy atom. The molecule has 0 spiro atoms. The molecule has 2 aliphatic rings. The highest BCUT2D eigenvalue weighted by Crippen LogP contribution is 2.28. The minimum atomic E-state index is -0.162. The van der Waals surface area contributed by atoms with Crippen molar-refractivity contribution < 1.29 is 9.13 Å². The van der Waals surface area contributed by atoms with Gasteiger partial charge in [0.1, 0.15) is 11.6 Å². The predicted molar refractivity (Wildman–Crippen MR) is 83.6 cm³/mol. The molecule has 116 valence electrons. The SMILES string of the molecule is Fc1cc(OC2CCCCC2)ccc1N1CCCNCC1. The van der Waals surface area contributed by atoms with Crippen molar-refractivity contribution in [2.75, 3.05) is 31.1 Å². The van der Waals surface area contributed by atoms with E-state index in [-0.39, 0.29) is 11.9 Å². The molecule has 1 aromatic carbocycles. The average Bonchev–Trinajstić information content (AvgIpc) is 2.77. The summed E-state index contributed by atoms with van der Waals surface area (Å²) in [5.41, 5.74) is 0.703. The molecule has 1 saturated carbocycles. The van der Waals surface area contributed by atoms with E-state index in [9.17, 15) is 4.39 Å². The first kappa shape index (κ1) is 14.6. The maximum absolute atomic E-state index is 14.4. The molecule has 1 saturated heterocycles. The van der Waals surface area contributed by atoms with Crippen LogP contribution >= 0.6 is 0 Å². The molecule has 1 aliphatic carbocycles. The van der Waals surface area contributed by atoms with E-state index in [0.717, 1.165) is 45.4 Å². The van der Waals surface area contributed by atoms with Crippen LogP contribution in [0.4, 0.5) is 10.1 Å². The van der Waals surface area contributed by atoms with Crippen molar-refractivity contribution in [2.24, 2.45) is 0 Å². The summed E-state index contributed by atoms with van der Waals surface area (Å²) in [4.78, 5) is 2.12. The van der Waals surface area contributed by atoms with Crippen LogP contribution in [0.2, 0.25) is 0 Å². The molecule has 0 amide bonds. The number of hydrogen-bond acceptors (Lipinski definition) is 3. The molecule has 3 rings (SSSR count). The van der Waals surface area contributed by atoms with Crippen molar-refractivity contribution in [3.63, 3.8) is 0 Å². The molecule has 3 nitrogen and oxygen atoms in total. The molecule has 0 bridgehead atoms. The molecular weight excluding hydrogens is 267 g/mol. The summed E-state index contributed by atoms with van der Waals surface area (Å²) < 4.78 is 20.3. The van der Waals surface area contributed by atoms with Gasteiger partial charge < -0.3 is 15.0 Å². The lowest BCUT2D eigenvalue weighted by molar-refractivity contribution is 0.154. The van der Waals surface area contributed by atoms with Crippen LogP contribution < -0.4 is 15.0 Å². The molecule has 0 unspecified atom stereocenters. The van der Waals surface area contributed by atoms with E-state index in [1.165, 1.54) is 19.3 Å². The number of benzene rings is 1. The molecule has 0 aromatic heterocycles. The zero-order valence-electron chi connectivity index (χ0n) is 12.6. The quantitative estimate of drug-likeness (QED) is 0.925. The van der Waals surface area contributed by atoms with Crippen molar-refractivity contribution in [3.05, 3.63) is 24.0 Å². The molecular formula is C17H25FN2O. The lowest BCUT2D eigenvalue weighted by atomic mass is 9.98. The van der Waals surface area contributed by atoms with Gasteiger partial charge in [-0.05, 0) is 50.8 Å². The number of ether oxygens (including phenoxy) is 1. The van der Waals surface area contributed by atoms with Gasteiger partial charge in [0.05, 0.1) is 11.8 Å². The highest BCUT2D eigenvalue weighted by molar-refractivity contribution is 5.50. The van der Waals surface area contributed by atoms with E-state index in [2.05, 4.69) is 10.2 Å². The Balaban J connectivity index is 1.66. The van der Waals surface area contributed by atoms with Crippen molar-refractivity contribution in [2.45, 2.75) is 44.6 Å². The van der Waals surface area contributed by atoms with Crippen LogP contribution in [-0.2, 0) is 0 Å². The first-order valence-electron chi connectivity index (χ1n) is 8.25.